The van der Waals surface area contributed by atoms with Gasteiger partial charge in [0.2, 0.25) is 0 Å². The predicted octanol–water partition coefficient (Wildman–Crippen LogP) is 4.02. The molecule has 0 spiro atoms. The van der Waals surface area contributed by atoms with Crippen molar-refractivity contribution in [3.8, 4) is 0 Å². The molecule has 0 unspecified atom stereocenters. The normalized spacial score (nSPS) is 22.9. The van der Waals surface area contributed by atoms with Gasteiger partial charge in [0.25, 0.3) is 0 Å². The summed E-state index contributed by atoms with van der Waals surface area (Å²) < 4.78 is 36.2. The summed E-state index contributed by atoms with van der Waals surface area (Å²) in [6.45, 7) is 4.60. The van der Waals surface area contributed by atoms with E-state index in [9.17, 15) is 14.3 Å². The molecule has 2 aromatic rings. The number of nitrogens with zero attached hydrogens (tertiary/aromatic N) is 3. The number of benzene rings is 1. The molecule has 0 aliphatic carbocycles. The molecule has 0 saturated carbocycles. The van der Waals surface area contributed by atoms with Gasteiger partial charge in [-0.2, -0.15) is 0 Å². The number of hydrogen-bond acceptors (Lipinski definition) is 6. The first kappa shape index (κ1) is 25.9. The average Bonchev–Trinajstić information content (AvgIpc) is 3.28. The van der Waals surface area contributed by atoms with Crippen molar-refractivity contribution < 1.29 is 23.4 Å². The molecule has 1 aromatic heterocycles. The molecule has 3 aliphatic heterocycles. The van der Waals surface area contributed by atoms with Crippen molar-refractivity contribution in [3.05, 3.63) is 53.0 Å². The lowest BCUT2D eigenvalue weighted by Crippen LogP contribution is -2.36. The molecule has 37 heavy (non-hydrogen) atoms. The van der Waals surface area contributed by atoms with Crippen LogP contribution in [0.15, 0.2) is 30.3 Å². The van der Waals surface area contributed by atoms with Gasteiger partial charge in [-0.15, -0.1) is 0 Å². The number of pyridine rings is 1. The Morgan fingerprint density at radius 2 is 2.05 bits per heavy atom. The average molecular weight is 515 g/mol. The SMILES string of the molecule is O=C(O)C[C@@H](CN1CC[C@@](F)(CCc2ccc3c(n2)NCCC3)C1)c1cc(N2CCOCC2)ccc1F. The van der Waals surface area contributed by atoms with Crippen LogP contribution in [0.4, 0.5) is 20.3 Å². The summed E-state index contributed by atoms with van der Waals surface area (Å²) in [5.74, 6) is -1.04. The number of ether oxygens (including phenoxy) is 1. The number of aromatic nitrogens is 1. The lowest BCUT2D eigenvalue weighted by Gasteiger charge is -2.30. The van der Waals surface area contributed by atoms with Crippen LogP contribution < -0.4 is 10.2 Å². The molecule has 0 bridgehead atoms. The summed E-state index contributed by atoms with van der Waals surface area (Å²) >= 11 is 0. The number of morpholine rings is 1. The van der Waals surface area contributed by atoms with Gasteiger partial charge in [0, 0.05) is 56.6 Å². The van der Waals surface area contributed by atoms with E-state index in [1.165, 1.54) is 11.6 Å². The molecule has 200 valence electrons. The predicted molar refractivity (Wildman–Crippen MR) is 139 cm³/mol. The van der Waals surface area contributed by atoms with Gasteiger partial charge in [0.1, 0.15) is 17.3 Å². The van der Waals surface area contributed by atoms with Crippen LogP contribution in [0.2, 0.25) is 0 Å². The number of aliphatic carboxylic acids is 1. The van der Waals surface area contributed by atoms with E-state index < -0.39 is 23.4 Å². The second kappa shape index (κ2) is 11.3. The maximum Gasteiger partial charge on any atom is 0.304 e. The van der Waals surface area contributed by atoms with Crippen molar-refractivity contribution >= 4 is 17.5 Å². The van der Waals surface area contributed by atoms with E-state index in [-0.39, 0.29) is 13.0 Å². The van der Waals surface area contributed by atoms with E-state index in [0.29, 0.717) is 64.2 Å². The highest BCUT2D eigenvalue weighted by Gasteiger charge is 2.39. The first-order valence-corrected chi connectivity index (χ1v) is 13.4. The third-order valence-electron chi connectivity index (χ3n) is 7.86. The van der Waals surface area contributed by atoms with Gasteiger partial charge >= 0.3 is 5.97 Å². The summed E-state index contributed by atoms with van der Waals surface area (Å²) in [7, 11) is 0. The summed E-state index contributed by atoms with van der Waals surface area (Å²) in [6, 6.07) is 9.00. The Balaban J connectivity index is 1.24. The Hall–Kier alpha value is -2.78. The Bertz CT molecular complexity index is 1110. The van der Waals surface area contributed by atoms with Crippen LogP contribution in [-0.2, 0) is 22.4 Å². The van der Waals surface area contributed by atoms with Gasteiger partial charge in [-0.3, -0.25) is 9.69 Å². The van der Waals surface area contributed by atoms with Gasteiger partial charge in [-0.25, -0.2) is 13.8 Å². The van der Waals surface area contributed by atoms with Gasteiger partial charge in [0.15, 0.2) is 0 Å². The van der Waals surface area contributed by atoms with Crippen molar-refractivity contribution in [1.82, 2.24) is 9.88 Å². The van der Waals surface area contributed by atoms with E-state index in [2.05, 4.69) is 16.3 Å². The summed E-state index contributed by atoms with van der Waals surface area (Å²) in [5.41, 5.74) is 1.98. The van der Waals surface area contributed by atoms with E-state index in [1.807, 2.05) is 11.0 Å². The zero-order chi connectivity index (χ0) is 25.8. The molecule has 5 rings (SSSR count). The van der Waals surface area contributed by atoms with Crippen LogP contribution in [0.3, 0.4) is 0 Å². The Labute approximate surface area is 216 Å². The van der Waals surface area contributed by atoms with Crippen LogP contribution in [0, 0.1) is 5.82 Å². The molecule has 0 amide bonds. The number of nitrogens with one attached hydrogen (secondary N) is 1. The number of rotatable bonds is 9. The Morgan fingerprint density at radius 1 is 1.22 bits per heavy atom. The van der Waals surface area contributed by atoms with E-state index >= 15 is 4.39 Å². The number of hydrogen-bond donors (Lipinski definition) is 2. The molecule has 0 radical (unpaired) electrons. The molecule has 2 N–H and O–H groups in total. The first-order valence-electron chi connectivity index (χ1n) is 13.4. The van der Waals surface area contributed by atoms with Crippen molar-refractivity contribution in [2.24, 2.45) is 0 Å². The summed E-state index contributed by atoms with van der Waals surface area (Å²) in [5, 5.41) is 12.9. The maximum atomic E-state index is 15.8. The number of anilines is 2. The molecule has 7 nitrogen and oxygen atoms in total. The van der Waals surface area contributed by atoms with Gasteiger partial charge < -0.3 is 20.1 Å². The Kier molecular flexibility index (Phi) is 7.90. The molecular weight excluding hydrogens is 478 g/mol. The monoisotopic (exact) mass is 514 g/mol. The zero-order valence-electron chi connectivity index (χ0n) is 21.2. The van der Waals surface area contributed by atoms with Crippen LogP contribution >= 0.6 is 0 Å². The fourth-order valence-corrected chi connectivity index (χ4v) is 5.79. The minimum absolute atomic E-state index is 0.203. The summed E-state index contributed by atoms with van der Waals surface area (Å²) in [6.07, 6.45) is 3.21. The van der Waals surface area contributed by atoms with Crippen molar-refractivity contribution in [3.63, 3.8) is 0 Å². The number of fused-ring (bicyclic) bond motifs is 1. The van der Waals surface area contributed by atoms with Crippen LogP contribution in [0.1, 0.15) is 48.4 Å². The second-order valence-electron chi connectivity index (χ2n) is 10.6. The van der Waals surface area contributed by atoms with Gasteiger partial charge in [-0.1, -0.05) is 6.07 Å². The fraction of sp³-hybridized carbons (Fsp3) is 0.571. The van der Waals surface area contributed by atoms with Gasteiger partial charge in [0.05, 0.1) is 19.6 Å². The number of carboxylic acids is 1. The molecule has 3 aliphatic rings. The molecule has 2 saturated heterocycles. The first-order chi connectivity index (χ1) is 17.9. The smallest absolute Gasteiger partial charge is 0.304 e. The van der Waals surface area contributed by atoms with E-state index in [4.69, 9.17) is 9.72 Å². The maximum absolute atomic E-state index is 15.8. The molecular formula is C28H36F2N4O3. The van der Waals surface area contributed by atoms with Crippen molar-refractivity contribution in [2.45, 2.75) is 50.1 Å². The molecule has 1 aromatic carbocycles. The van der Waals surface area contributed by atoms with Gasteiger partial charge in [-0.05, 0) is 67.5 Å². The largest absolute Gasteiger partial charge is 0.481 e. The number of likely N-dealkylation sites (tertiary alicyclic amines) is 1. The zero-order valence-corrected chi connectivity index (χ0v) is 21.2. The minimum Gasteiger partial charge on any atom is -0.481 e. The van der Waals surface area contributed by atoms with Crippen LogP contribution in [0.25, 0.3) is 0 Å². The quantitative estimate of drug-likeness (QED) is 0.523. The Morgan fingerprint density at radius 3 is 2.86 bits per heavy atom. The van der Waals surface area contributed by atoms with Crippen LogP contribution in [0.5, 0.6) is 0 Å². The van der Waals surface area contributed by atoms with Crippen LogP contribution in [-0.4, -0.2) is 79.1 Å². The lowest BCUT2D eigenvalue weighted by atomic mass is 9.93. The van der Waals surface area contributed by atoms with E-state index in [1.54, 1.807) is 12.1 Å². The second-order valence-corrected chi connectivity index (χ2v) is 10.6. The molecule has 2 fully saturated rings. The number of carbonyl (C=O) groups is 1. The van der Waals surface area contributed by atoms with Crippen molar-refractivity contribution in [2.75, 3.05) is 62.7 Å². The third kappa shape index (κ3) is 6.38. The minimum atomic E-state index is -1.37. The van der Waals surface area contributed by atoms with E-state index in [0.717, 1.165) is 36.6 Å². The highest BCUT2D eigenvalue weighted by molar-refractivity contribution is 5.68. The third-order valence-corrected chi connectivity index (χ3v) is 7.86. The number of aryl methyl sites for hydroxylation is 2. The molecule has 4 heterocycles. The summed E-state index contributed by atoms with van der Waals surface area (Å²) in [4.78, 5) is 20.5. The van der Waals surface area contributed by atoms with Crippen molar-refractivity contribution in [1.29, 1.82) is 0 Å². The number of carboxylic acid groups (broad SMARTS) is 1. The standard InChI is InChI=1S/C28H36F2N4O3/c29-25-6-5-23(34-12-14-37-15-13-34)17-24(25)21(16-26(35)36)18-33-11-9-28(30,19-33)8-7-22-4-3-20-2-1-10-31-27(20)32-22/h3-6,17,21H,1-2,7-16,18-19H2,(H,31,32)(H,35,36)/t21-,28-/m0/s1. The number of halogens is 2. The highest BCUT2D eigenvalue weighted by atomic mass is 19.1. The number of alkyl halides is 1. The topological polar surface area (TPSA) is 77.9 Å². The molecule has 9 heteroatoms. The lowest BCUT2D eigenvalue weighted by molar-refractivity contribution is -0.137. The highest BCUT2D eigenvalue weighted by Crippen LogP contribution is 2.34. The molecule has 2 atom stereocenters. The fourth-order valence-electron chi connectivity index (χ4n) is 5.79.